The summed E-state index contributed by atoms with van der Waals surface area (Å²) in [5.74, 6) is 1.23. The van der Waals surface area contributed by atoms with Crippen molar-refractivity contribution < 1.29 is 9.32 Å². The third kappa shape index (κ3) is 5.16. The maximum Gasteiger partial charge on any atom is 0.273 e. The van der Waals surface area contributed by atoms with Crippen LogP contribution in [0.1, 0.15) is 53.2 Å². The van der Waals surface area contributed by atoms with Crippen molar-refractivity contribution in [1.82, 2.24) is 25.2 Å². The highest BCUT2D eigenvalue weighted by Gasteiger charge is 2.22. The Morgan fingerprint density at radius 3 is 2.73 bits per heavy atom. The Bertz CT molecular complexity index is 957. The molecular weight excluding hydrogens is 378 g/mol. The number of benzene rings is 1. The maximum absolute atomic E-state index is 12.5. The summed E-state index contributed by atoms with van der Waals surface area (Å²) in [5, 5.41) is 11.1. The smallest absolute Gasteiger partial charge is 0.273 e. The second-order valence-corrected chi connectivity index (χ2v) is 8.23. The molecule has 2 aromatic heterocycles. The van der Waals surface area contributed by atoms with E-state index in [4.69, 9.17) is 4.52 Å². The summed E-state index contributed by atoms with van der Waals surface area (Å²) >= 11 is 0. The molecule has 1 atom stereocenters. The molecule has 0 saturated carbocycles. The molecule has 30 heavy (non-hydrogen) atoms. The number of nitrogens with one attached hydrogen (secondary N) is 1. The Hall–Kier alpha value is -2.93. The van der Waals surface area contributed by atoms with Crippen molar-refractivity contribution in [3.05, 3.63) is 71.4 Å². The fraction of sp³-hybridized carbons (Fsp3) is 0.435. The van der Waals surface area contributed by atoms with Crippen LogP contribution in [-0.2, 0) is 20.0 Å². The van der Waals surface area contributed by atoms with Gasteiger partial charge in [-0.2, -0.15) is 5.10 Å². The maximum atomic E-state index is 12.5. The van der Waals surface area contributed by atoms with Gasteiger partial charge in [-0.05, 0) is 50.8 Å². The van der Waals surface area contributed by atoms with Gasteiger partial charge in [-0.1, -0.05) is 35.5 Å². The van der Waals surface area contributed by atoms with Crippen molar-refractivity contribution in [2.45, 2.75) is 38.8 Å². The number of aryl methyl sites for hydroxylation is 1. The average Bonchev–Trinajstić information content (AvgIpc) is 3.39. The molecule has 7 heteroatoms. The highest BCUT2D eigenvalue weighted by molar-refractivity contribution is 5.92. The summed E-state index contributed by atoms with van der Waals surface area (Å²) in [6.07, 6.45) is 7.15. The quantitative estimate of drug-likeness (QED) is 0.650. The number of rotatable bonds is 7. The van der Waals surface area contributed by atoms with Crippen LogP contribution >= 0.6 is 0 Å². The van der Waals surface area contributed by atoms with Gasteiger partial charge in [-0.3, -0.25) is 14.4 Å². The van der Waals surface area contributed by atoms with Gasteiger partial charge >= 0.3 is 0 Å². The van der Waals surface area contributed by atoms with E-state index in [2.05, 4.69) is 50.8 Å². The largest absolute Gasteiger partial charge is 0.359 e. The SMILES string of the molecule is CC(NC(=O)c1cc(CN2CCC(Cc3ccccc3)CC2)on1)c1cnn(C)c1. The minimum absolute atomic E-state index is 0.144. The summed E-state index contributed by atoms with van der Waals surface area (Å²) in [5.41, 5.74) is 2.69. The number of amides is 1. The van der Waals surface area contributed by atoms with Gasteiger partial charge in [0.1, 0.15) is 0 Å². The summed E-state index contributed by atoms with van der Waals surface area (Å²) in [6, 6.07) is 12.3. The van der Waals surface area contributed by atoms with Gasteiger partial charge in [0.25, 0.3) is 5.91 Å². The fourth-order valence-electron chi connectivity index (χ4n) is 4.03. The summed E-state index contributed by atoms with van der Waals surface area (Å²) in [4.78, 5) is 14.9. The van der Waals surface area contributed by atoms with Crippen molar-refractivity contribution in [2.75, 3.05) is 13.1 Å². The Morgan fingerprint density at radius 1 is 1.27 bits per heavy atom. The highest BCUT2D eigenvalue weighted by Crippen LogP contribution is 2.23. The standard InChI is InChI=1S/C23H29N5O2/c1-17(20-14-24-27(2)15-20)25-23(29)22-13-21(30-26-22)16-28-10-8-19(9-11-28)12-18-6-4-3-5-7-18/h3-7,13-15,17,19H,8-12,16H2,1-2H3,(H,25,29). The minimum atomic E-state index is -0.233. The van der Waals surface area contributed by atoms with E-state index in [9.17, 15) is 4.79 Å². The van der Waals surface area contributed by atoms with Gasteiger partial charge in [-0.15, -0.1) is 0 Å². The van der Waals surface area contributed by atoms with Crippen molar-refractivity contribution >= 4 is 5.91 Å². The Balaban J connectivity index is 1.25. The molecule has 1 amide bonds. The normalized spacial score (nSPS) is 16.5. The molecule has 1 aliphatic heterocycles. The van der Waals surface area contributed by atoms with Crippen LogP contribution < -0.4 is 5.32 Å². The molecular formula is C23H29N5O2. The van der Waals surface area contributed by atoms with Gasteiger partial charge in [0.2, 0.25) is 0 Å². The number of hydrogen-bond donors (Lipinski definition) is 1. The topological polar surface area (TPSA) is 76.2 Å². The molecule has 1 aliphatic rings. The molecule has 0 aliphatic carbocycles. The first-order valence-electron chi connectivity index (χ1n) is 10.6. The van der Waals surface area contributed by atoms with E-state index in [1.165, 1.54) is 18.4 Å². The first kappa shape index (κ1) is 20.3. The van der Waals surface area contributed by atoms with E-state index in [-0.39, 0.29) is 11.9 Å². The molecule has 1 saturated heterocycles. The third-order valence-electron chi connectivity index (χ3n) is 5.82. The van der Waals surface area contributed by atoms with Crippen LogP contribution in [0.4, 0.5) is 0 Å². The lowest BCUT2D eigenvalue weighted by molar-refractivity contribution is 0.0930. The lowest BCUT2D eigenvalue weighted by Crippen LogP contribution is -2.33. The average molecular weight is 408 g/mol. The Morgan fingerprint density at radius 2 is 2.03 bits per heavy atom. The van der Waals surface area contributed by atoms with Crippen LogP contribution in [0.3, 0.4) is 0 Å². The van der Waals surface area contributed by atoms with Gasteiger partial charge < -0.3 is 9.84 Å². The fourth-order valence-corrected chi connectivity index (χ4v) is 4.03. The van der Waals surface area contributed by atoms with E-state index < -0.39 is 0 Å². The molecule has 158 valence electrons. The molecule has 7 nitrogen and oxygen atoms in total. The number of aromatic nitrogens is 3. The third-order valence-corrected chi connectivity index (χ3v) is 5.82. The van der Waals surface area contributed by atoms with Crippen molar-refractivity contribution in [3.8, 4) is 0 Å². The number of likely N-dealkylation sites (tertiary alicyclic amines) is 1. The van der Waals surface area contributed by atoms with Crippen LogP contribution in [0.15, 0.2) is 53.3 Å². The molecule has 0 radical (unpaired) electrons. The number of nitrogens with zero attached hydrogens (tertiary/aromatic N) is 4. The van der Waals surface area contributed by atoms with E-state index in [0.29, 0.717) is 12.2 Å². The highest BCUT2D eigenvalue weighted by atomic mass is 16.5. The molecule has 3 aromatic rings. The monoisotopic (exact) mass is 407 g/mol. The molecule has 4 rings (SSSR count). The zero-order chi connectivity index (χ0) is 20.9. The van der Waals surface area contributed by atoms with Crippen LogP contribution in [0.2, 0.25) is 0 Å². The lowest BCUT2D eigenvalue weighted by Gasteiger charge is -2.31. The van der Waals surface area contributed by atoms with E-state index >= 15 is 0 Å². The van der Waals surface area contributed by atoms with Crippen molar-refractivity contribution in [3.63, 3.8) is 0 Å². The van der Waals surface area contributed by atoms with E-state index in [0.717, 1.165) is 36.8 Å². The second kappa shape index (κ2) is 9.26. The summed E-state index contributed by atoms with van der Waals surface area (Å²) in [6.45, 7) is 4.70. The van der Waals surface area contributed by atoms with Gasteiger partial charge in [0, 0.05) is 24.9 Å². The number of piperidine rings is 1. The summed E-state index contributed by atoms with van der Waals surface area (Å²) < 4.78 is 7.15. The second-order valence-electron chi connectivity index (χ2n) is 8.23. The minimum Gasteiger partial charge on any atom is -0.359 e. The first-order valence-corrected chi connectivity index (χ1v) is 10.6. The molecule has 3 heterocycles. The van der Waals surface area contributed by atoms with Gasteiger partial charge in [0.15, 0.2) is 11.5 Å². The molecule has 1 unspecified atom stereocenters. The Labute approximate surface area is 177 Å². The zero-order valence-electron chi connectivity index (χ0n) is 17.6. The van der Waals surface area contributed by atoms with Gasteiger partial charge in [-0.25, -0.2) is 0 Å². The van der Waals surface area contributed by atoms with Crippen LogP contribution in [-0.4, -0.2) is 38.8 Å². The summed E-state index contributed by atoms with van der Waals surface area (Å²) in [7, 11) is 1.85. The van der Waals surface area contributed by atoms with Crippen LogP contribution in [0.5, 0.6) is 0 Å². The van der Waals surface area contributed by atoms with Crippen molar-refractivity contribution in [1.29, 1.82) is 0 Å². The first-order chi connectivity index (χ1) is 14.6. The number of carbonyl (C=O) groups is 1. The number of carbonyl (C=O) groups excluding carboxylic acids is 1. The molecule has 0 spiro atoms. The van der Waals surface area contributed by atoms with E-state index in [1.807, 2.05) is 20.2 Å². The molecule has 1 aromatic carbocycles. The molecule has 0 bridgehead atoms. The van der Waals surface area contributed by atoms with Crippen LogP contribution in [0, 0.1) is 5.92 Å². The number of hydrogen-bond acceptors (Lipinski definition) is 5. The molecule has 1 fully saturated rings. The Kier molecular flexibility index (Phi) is 6.28. The lowest BCUT2D eigenvalue weighted by atomic mass is 9.90. The van der Waals surface area contributed by atoms with Gasteiger partial charge in [0.05, 0.1) is 18.8 Å². The predicted molar refractivity (Wildman–Crippen MR) is 114 cm³/mol. The zero-order valence-corrected chi connectivity index (χ0v) is 17.6. The van der Waals surface area contributed by atoms with Crippen LogP contribution in [0.25, 0.3) is 0 Å². The predicted octanol–water partition coefficient (Wildman–Crippen LogP) is 3.35. The van der Waals surface area contributed by atoms with Crippen molar-refractivity contribution in [2.24, 2.45) is 13.0 Å². The van der Waals surface area contributed by atoms with E-state index in [1.54, 1.807) is 16.9 Å². The molecule has 1 N–H and O–H groups in total.